The van der Waals surface area contributed by atoms with E-state index < -0.39 is 11.9 Å². The predicted molar refractivity (Wildman–Crippen MR) is 115 cm³/mol. The molecule has 7 nitrogen and oxygen atoms in total. The Morgan fingerprint density at radius 1 is 1.16 bits per heavy atom. The van der Waals surface area contributed by atoms with Crippen LogP contribution < -0.4 is 4.90 Å². The minimum atomic E-state index is -0.659. The summed E-state index contributed by atoms with van der Waals surface area (Å²) in [5.41, 5.74) is 4.49. The number of carbonyl (C=O) groups is 1. The average Bonchev–Trinajstić information content (AvgIpc) is 3.35. The summed E-state index contributed by atoms with van der Waals surface area (Å²) >= 11 is 6.00. The van der Waals surface area contributed by atoms with Gasteiger partial charge in [-0.05, 0) is 51.5 Å². The standard InChI is InChI=1S/C22H20ClFN6O/c1-5-29-20-18(12(3)27-29)19(16-7-6-14(23)9-17(16)24)30(22(20)31)15-8-11(2)21-26-25-13(4)28(21)10-15/h6-10,19H,5H2,1-4H3/t19-/m0/s1. The fourth-order valence-corrected chi connectivity index (χ4v) is 4.56. The Balaban J connectivity index is 1.79. The number of amides is 1. The molecule has 0 radical (unpaired) electrons. The molecule has 31 heavy (non-hydrogen) atoms. The first-order valence-corrected chi connectivity index (χ1v) is 10.4. The highest BCUT2D eigenvalue weighted by Gasteiger charge is 2.44. The third-order valence-corrected chi connectivity index (χ3v) is 6.04. The summed E-state index contributed by atoms with van der Waals surface area (Å²) < 4.78 is 18.6. The number of anilines is 1. The first kappa shape index (κ1) is 19.7. The fraction of sp³-hybridized carbons (Fsp3) is 0.273. The number of nitrogens with zero attached hydrogens (tertiary/aromatic N) is 6. The van der Waals surface area contributed by atoms with Gasteiger partial charge in [0.05, 0.1) is 17.4 Å². The Labute approximate surface area is 183 Å². The van der Waals surface area contributed by atoms with Gasteiger partial charge in [-0.3, -0.25) is 18.8 Å². The van der Waals surface area contributed by atoms with Crippen molar-refractivity contribution in [1.29, 1.82) is 0 Å². The van der Waals surface area contributed by atoms with Gasteiger partial charge < -0.3 is 0 Å². The van der Waals surface area contributed by atoms with Gasteiger partial charge in [0, 0.05) is 28.9 Å². The molecular weight excluding hydrogens is 419 g/mol. The van der Waals surface area contributed by atoms with Crippen molar-refractivity contribution >= 4 is 28.8 Å². The number of pyridine rings is 1. The predicted octanol–water partition coefficient (Wildman–Crippen LogP) is 4.41. The van der Waals surface area contributed by atoms with Crippen LogP contribution in [0.5, 0.6) is 0 Å². The van der Waals surface area contributed by atoms with Crippen LogP contribution in [0, 0.1) is 26.6 Å². The van der Waals surface area contributed by atoms with Gasteiger partial charge in [0.15, 0.2) is 5.65 Å². The normalized spacial score (nSPS) is 15.9. The summed E-state index contributed by atoms with van der Waals surface area (Å²) in [6.07, 6.45) is 1.82. The third kappa shape index (κ3) is 2.78. The molecule has 1 aliphatic rings. The van der Waals surface area contributed by atoms with Crippen molar-refractivity contribution in [2.24, 2.45) is 0 Å². The molecule has 1 atom stereocenters. The zero-order chi connectivity index (χ0) is 22.0. The van der Waals surface area contributed by atoms with Crippen LogP contribution in [0.1, 0.15) is 51.7 Å². The molecule has 0 saturated heterocycles. The second-order valence-electron chi connectivity index (χ2n) is 7.73. The van der Waals surface area contributed by atoms with Crippen molar-refractivity contribution in [3.8, 4) is 0 Å². The van der Waals surface area contributed by atoms with Crippen LogP contribution in [-0.4, -0.2) is 30.3 Å². The minimum absolute atomic E-state index is 0.221. The Bertz CT molecular complexity index is 1370. The van der Waals surface area contributed by atoms with E-state index in [0.717, 1.165) is 11.2 Å². The van der Waals surface area contributed by atoms with Gasteiger partial charge >= 0.3 is 0 Å². The van der Waals surface area contributed by atoms with Crippen molar-refractivity contribution in [3.63, 3.8) is 0 Å². The zero-order valence-corrected chi connectivity index (χ0v) is 18.3. The molecule has 9 heteroatoms. The summed E-state index contributed by atoms with van der Waals surface area (Å²) in [5, 5.41) is 13.2. The summed E-state index contributed by atoms with van der Waals surface area (Å²) in [7, 11) is 0. The van der Waals surface area contributed by atoms with Crippen molar-refractivity contribution in [3.05, 3.63) is 75.2 Å². The highest BCUT2D eigenvalue weighted by molar-refractivity contribution is 6.30. The topological polar surface area (TPSA) is 68.3 Å². The minimum Gasteiger partial charge on any atom is -0.294 e. The number of carbonyl (C=O) groups excluding carboxylic acids is 1. The Kier molecular flexibility index (Phi) is 4.37. The van der Waals surface area contributed by atoms with E-state index in [1.807, 2.05) is 44.4 Å². The number of hydrogen-bond donors (Lipinski definition) is 0. The molecule has 0 spiro atoms. The molecule has 3 aromatic heterocycles. The Hall–Kier alpha value is -3.26. The van der Waals surface area contributed by atoms with E-state index in [1.165, 1.54) is 6.07 Å². The largest absolute Gasteiger partial charge is 0.294 e. The van der Waals surface area contributed by atoms with E-state index in [1.54, 1.807) is 21.7 Å². The summed E-state index contributed by atoms with van der Waals surface area (Å²) in [6, 6.07) is 5.77. The van der Waals surface area contributed by atoms with Crippen LogP contribution in [0.15, 0.2) is 30.5 Å². The second kappa shape index (κ2) is 6.88. The first-order chi connectivity index (χ1) is 14.8. The third-order valence-electron chi connectivity index (χ3n) is 5.81. The highest BCUT2D eigenvalue weighted by atomic mass is 35.5. The molecular formula is C22H20ClFN6O. The van der Waals surface area contributed by atoms with Gasteiger partial charge in [-0.15, -0.1) is 10.2 Å². The van der Waals surface area contributed by atoms with Gasteiger partial charge in [-0.25, -0.2) is 4.39 Å². The van der Waals surface area contributed by atoms with E-state index in [2.05, 4.69) is 15.3 Å². The van der Waals surface area contributed by atoms with Crippen molar-refractivity contribution in [2.75, 3.05) is 4.90 Å². The number of aryl methyl sites for hydroxylation is 4. The summed E-state index contributed by atoms with van der Waals surface area (Å²) in [5.74, 6) is 0.0144. The van der Waals surface area contributed by atoms with Crippen LogP contribution in [0.2, 0.25) is 5.02 Å². The molecule has 0 aliphatic carbocycles. The molecule has 0 saturated carbocycles. The second-order valence-corrected chi connectivity index (χ2v) is 8.17. The van der Waals surface area contributed by atoms with Crippen LogP contribution in [-0.2, 0) is 6.54 Å². The maximum Gasteiger partial charge on any atom is 0.277 e. The number of rotatable bonds is 3. The smallest absolute Gasteiger partial charge is 0.277 e. The van der Waals surface area contributed by atoms with E-state index in [0.29, 0.717) is 45.6 Å². The Morgan fingerprint density at radius 2 is 1.94 bits per heavy atom. The lowest BCUT2D eigenvalue weighted by molar-refractivity contribution is 0.0983. The van der Waals surface area contributed by atoms with Crippen molar-refractivity contribution in [2.45, 2.75) is 40.3 Å². The number of benzene rings is 1. The zero-order valence-electron chi connectivity index (χ0n) is 17.5. The lowest BCUT2D eigenvalue weighted by atomic mass is 9.98. The molecule has 0 unspecified atom stereocenters. The lowest BCUT2D eigenvalue weighted by Gasteiger charge is -2.27. The van der Waals surface area contributed by atoms with Gasteiger partial charge in [0.1, 0.15) is 17.3 Å². The SMILES string of the molecule is CCn1nc(C)c2c1C(=O)N(c1cc(C)c3nnc(C)n3c1)[C@H]2c1ccc(Cl)cc1F. The molecule has 0 bridgehead atoms. The van der Waals surface area contributed by atoms with Gasteiger partial charge in [-0.2, -0.15) is 5.10 Å². The number of halogens is 2. The molecule has 1 aliphatic heterocycles. The number of hydrogen-bond acceptors (Lipinski definition) is 4. The molecule has 1 aromatic carbocycles. The van der Waals surface area contributed by atoms with Crippen LogP contribution in [0.3, 0.4) is 0 Å². The van der Waals surface area contributed by atoms with Gasteiger partial charge in [0.25, 0.3) is 5.91 Å². The van der Waals surface area contributed by atoms with Crippen molar-refractivity contribution < 1.29 is 9.18 Å². The summed E-state index contributed by atoms with van der Waals surface area (Å²) in [4.78, 5) is 15.3. The van der Waals surface area contributed by atoms with E-state index in [9.17, 15) is 4.79 Å². The monoisotopic (exact) mass is 438 g/mol. The molecule has 0 N–H and O–H groups in total. The fourth-order valence-electron chi connectivity index (χ4n) is 4.40. The Morgan fingerprint density at radius 3 is 2.65 bits per heavy atom. The van der Waals surface area contributed by atoms with Gasteiger partial charge in [0.2, 0.25) is 0 Å². The average molecular weight is 439 g/mol. The molecule has 1 amide bonds. The molecule has 5 rings (SSSR count). The number of fused-ring (bicyclic) bond motifs is 2. The van der Waals surface area contributed by atoms with E-state index in [4.69, 9.17) is 11.6 Å². The maximum absolute atomic E-state index is 15.1. The van der Waals surface area contributed by atoms with Gasteiger partial charge in [-0.1, -0.05) is 17.7 Å². The summed E-state index contributed by atoms with van der Waals surface area (Å²) in [6.45, 7) is 8.07. The molecule has 0 fully saturated rings. The van der Waals surface area contributed by atoms with Crippen molar-refractivity contribution in [1.82, 2.24) is 24.4 Å². The van der Waals surface area contributed by atoms with E-state index >= 15 is 4.39 Å². The molecule has 158 valence electrons. The highest BCUT2D eigenvalue weighted by Crippen LogP contribution is 2.44. The van der Waals surface area contributed by atoms with Crippen LogP contribution in [0.25, 0.3) is 5.65 Å². The van der Waals surface area contributed by atoms with Crippen LogP contribution in [0.4, 0.5) is 10.1 Å². The molecule has 4 heterocycles. The maximum atomic E-state index is 15.1. The molecule has 4 aromatic rings. The quantitative estimate of drug-likeness (QED) is 0.475. The number of aromatic nitrogens is 5. The lowest BCUT2D eigenvalue weighted by Crippen LogP contribution is -2.31. The van der Waals surface area contributed by atoms with E-state index in [-0.39, 0.29) is 5.91 Å². The first-order valence-electron chi connectivity index (χ1n) is 9.99. The van der Waals surface area contributed by atoms with Crippen LogP contribution >= 0.6 is 11.6 Å².